The summed E-state index contributed by atoms with van der Waals surface area (Å²) in [6.07, 6.45) is 0. The standard InChI is InChI=1S/C19H22S/c1-13-5-8-16(9-6-13)19(4)12-20-18-11-14(2)7-10-17(18)15(19)3/h5-11,15H,12H2,1-4H3/t15-,19+/m1/s1. The highest BCUT2D eigenvalue weighted by molar-refractivity contribution is 7.99. The van der Waals surface area contributed by atoms with Gasteiger partial charge in [-0.05, 0) is 37.0 Å². The number of rotatable bonds is 1. The van der Waals surface area contributed by atoms with E-state index in [0.717, 1.165) is 5.75 Å². The Morgan fingerprint density at radius 1 is 1.00 bits per heavy atom. The summed E-state index contributed by atoms with van der Waals surface area (Å²) in [7, 11) is 0. The lowest BCUT2D eigenvalue weighted by atomic mass is 9.70. The third-order valence-corrected chi connectivity index (χ3v) is 6.24. The van der Waals surface area contributed by atoms with Crippen molar-refractivity contribution in [2.45, 2.75) is 43.9 Å². The number of benzene rings is 2. The molecule has 0 fully saturated rings. The Balaban J connectivity index is 2.04. The van der Waals surface area contributed by atoms with Crippen molar-refractivity contribution in [2.24, 2.45) is 0 Å². The summed E-state index contributed by atoms with van der Waals surface area (Å²) in [6, 6.07) is 16.0. The second-order valence-corrected chi connectivity index (χ2v) is 7.35. The highest BCUT2D eigenvalue weighted by Gasteiger charge is 2.38. The number of hydrogen-bond donors (Lipinski definition) is 0. The van der Waals surface area contributed by atoms with Crippen LogP contribution in [0.3, 0.4) is 0 Å². The fraction of sp³-hybridized carbons (Fsp3) is 0.368. The van der Waals surface area contributed by atoms with Crippen molar-refractivity contribution in [3.05, 3.63) is 64.7 Å². The summed E-state index contributed by atoms with van der Waals surface area (Å²) in [6.45, 7) is 9.13. The van der Waals surface area contributed by atoms with Gasteiger partial charge in [-0.3, -0.25) is 0 Å². The molecule has 0 nitrogen and oxygen atoms in total. The number of aryl methyl sites for hydroxylation is 2. The van der Waals surface area contributed by atoms with Gasteiger partial charge in [0.05, 0.1) is 0 Å². The van der Waals surface area contributed by atoms with E-state index in [1.807, 2.05) is 11.8 Å². The maximum absolute atomic E-state index is 2.41. The number of fused-ring (bicyclic) bond motifs is 1. The summed E-state index contributed by atoms with van der Waals surface area (Å²) in [5.74, 6) is 1.72. The average Bonchev–Trinajstić information content (AvgIpc) is 2.44. The van der Waals surface area contributed by atoms with E-state index in [2.05, 4.69) is 70.2 Å². The van der Waals surface area contributed by atoms with Crippen LogP contribution in [0.1, 0.15) is 42.0 Å². The molecule has 2 aromatic carbocycles. The zero-order valence-electron chi connectivity index (χ0n) is 12.7. The van der Waals surface area contributed by atoms with Crippen molar-refractivity contribution in [3.63, 3.8) is 0 Å². The zero-order valence-corrected chi connectivity index (χ0v) is 13.6. The molecule has 0 saturated heterocycles. The second-order valence-electron chi connectivity index (χ2n) is 6.34. The third kappa shape index (κ3) is 2.18. The summed E-state index contributed by atoms with van der Waals surface area (Å²) in [5.41, 5.74) is 5.90. The van der Waals surface area contributed by atoms with E-state index < -0.39 is 0 Å². The van der Waals surface area contributed by atoms with Gasteiger partial charge < -0.3 is 0 Å². The number of hydrogen-bond acceptors (Lipinski definition) is 1. The lowest BCUT2D eigenvalue weighted by Crippen LogP contribution is -2.34. The van der Waals surface area contributed by atoms with E-state index in [-0.39, 0.29) is 5.41 Å². The van der Waals surface area contributed by atoms with E-state index in [4.69, 9.17) is 0 Å². The molecule has 0 aliphatic carbocycles. The average molecular weight is 282 g/mol. The first kappa shape index (κ1) is 13.8. The summed E-state index contributed by atoms with van der Waals surface area (Å²) < 4.78 is 0. The van der Waals surface area contributed by atoms with Crippen molar-refractivity contribution in [1.82, 2.24) is 0 Å². The summed E-state index contributed by atoms with van der Waals surface area (Å²) >= 11 is 2.01. The van der Waals surface area contributed by atoms with Crippen LogP contribution < -0.4 is 0 Å². The Kier molecular flexibility index (Phi) is 3.41. The summed E-state index contributed by atoms with van der Waals surface area (Å²) in [4.78, 5) is 1.47. The Bertz CT molecular complexity index is 627. The molecule has 1 aliphatic rings. The Morgan fingerprint density at radius 2 is 1.65 bits per heavy atom. The quantitative estimate of drug-likeness (QED) is 0.668. The molecule has 3 rings (SSSR count). The monoisotopic (exact) mass is 282 g/mol. The molecular weight excluding hydrogens is 260 g/mol. The highest BCUT2D eigenvalue weighted by Crippen LogP contribution is 2.49. The molecule has 104 valence electrons. The van der Waals surface area contributed by atoms with Crippen LogP contribution in [0.4, 0.5) is 0 Å². The third-order valence-electron chi connectivity index (χ3n) is 4.83. The minimum Gasteiger partial charge on any atom is -0.125 e. The van der Waals surface area contributed by atoms with Gasteiger partial charge in [0.1, 0.15) is 0 Å². The summed E-state index contributed by atoms with van der Waals surface area (Å²) in [5, 5.41) is 0. The van der Waals surface area contributed by atoms with Gasteiger partial charge in [0.25, 0.3) is 0 Å². The minimum atomic E-state index is 0.223. The Labute approximate surface area is 126 Å². The van der Waals surface area contributed by atoms with E-state index in [9.17, 15) is 0 Å². The van der Waals surface area contributed by atoms with Crippen molar-refractivity contribution >= 4 is 11.8 Å². The van der Waals surface area contributed by atoms with Crippen LogP contribution in [0, 0.1) is 13.8 Å². The van der Waals surface area contributed by atoms with Gasteiger partial charge in [0.2, 0.25) is 0 Å². The maximum atomic E-state index is 2.41. The van der Waals surface area contributed by atoms with E-state index in [1.54, 1.807) is 0 Å². The van der Waals surface area contributed by atoms with Crippen molar-refractivity contribution < 1.29 is 0 Å². The Hall–Kier alpha value is -1.21. The van der Waals surface area contributed by atoms with Crippen molar-refractivity contribution in [3.8, 4) is 0 Å². The second kappa shape index (κ2) is 4.96. The van der Waals surface area contributed by atoms with Gasteiger partial charge in [-0.15, -0.1) is 11.8 Å². The number of thioether (sulfide) groups is 1. The molecule has 1 heteroatoms. The van der Waals surface area contributed by atoms with Crippen LogP contribution in [0.25, 0.3) is 0 Å². The minimum absolute atomic E-state index is 0.223. The molecule has 0 saturated carbocycles. The van der Waals surface area contributed by atoms with Gasteiger partial charge in [-0.25, -0.2) is 0 Å². The van der Waals surface area contributed by atoms with Gasteiger partial charge in [-0.2, -0.15) is 0 Å². The van der Waals surface area contributed by atoms with Crippen molar-refractivity contribution in [1.29, 1.82) is 0 Å². The normalized spacial score (nSPS) is 25.3. The first-order valence-electron chi connectivity index (χ1n) is 7.31. The first-order valence-corrected chi connectivity index (χ1v) is 8.30. The SMILES string of the molecule is Cc1ccc([C@@]2(C)CSc3cc(C)ccc3[C@H]2C)cc1. The topological polar surface area (TPSA) is 0 Å². The highest BCUT2D eigenvalue weighted by atomic mass is 32.2. The molecule has 0 N–H and O–H groups in total. The predicted octanol–water partition coefficient (Wildman–Crippen LogP) is 5.47. The van der Waals surface area contributed by atoms with Gasteiger partial charge >= 0.3 is 0 Å². The van der Waals surface area contributed by atoms with Gasteiger partial charge in [0, 0.05) is 16.1 Å². The zero-order chi connectivity index (χ0) is 14.3. The van der Waals surface area contributed by atoms with Crippen LogP contribution in [-0.2, 0) is 5.41 Å². The molecule has 0 aromatic heterocycles. The molecule has 20 heavy (non-hydrogen) atoms. The lowest BCUT2D eigenvalue weighted by molar-refractivity contribution is 0.433. The molecule has 0 unspecified atom stereocenters. The van der Waals surface area contributed by atoms with Crippen molar-refractivity contribution in [2.75, 3.05) is 5.75 Å². The molecule has 2 aromatic rings. The molecule has 0 radical (unpaired) electrons. The van der Waals surface area contributed by atoms with Crippen LogP contribution in [0.5, 0.6) is 0 Å². The molecule has 0 spiro atoms. The van der Waals surface area contributed by atoms with Crippen LogP contribution in [0.15, 0.2) is 47.4 Å². The molecule has 1 aliphatic heterocycles. The largest absolute Gasteiger partial charge is 0.125 e. The van der Waals surface area contributed by atoms with Gasteiger partial charge in [-0.1, -0.05) is 61.4 Å². The molecule has 0 amide bonds. The smallest absolute Gasteiger partial charge is 0.0110 e. The lowest BCUT2D eigenvalue weighted by Gasteiger charge is -2.41. The molecular formula is C19H22S. The Morgan fingerprint density at radius 3 is 2.35 bits per heavy atom. The van der Waals surface area contributed by atoms with Crippen LogP contribution in [-0.4, -0.2) is 5.75 Å². The maximum Gasteiger partial charge on any atom is 0.0110 e. The van der Waals surface area contributed by atoms with Gasteiger partial charge in [0.15, 0.2) is 0 Å². The van der Waals surface area contributed by atoms with E-state index in [1.165, 1.54) is 27.1 Å². The van der Waals surface area contributed by atoms with E-state index >= 15 is 0 Å². The predicted molar refractivity (Wildman–Crippen MR) is 88.8 cm³/mol. The van der Waals surface area contributed by atoms with Crippen LogP contribution >= 0.6 is 11.8 Å². The van der Waals surface area contributed by atoms with Crippen LogP contribution in [0.2, 0.25) is 0 Å². The fourth-order valence-electron chi connectivity index (χ4n) is 3.09. The first-order chi connectivity index (χ1) is 9.50. The fourth-order valence-corrected chi connectivity index (χ4v) is 4.64. The molecule has 0 bridgehead atoms. The molecule has 2 atom stereocenters. The molecule has 1 heterocycles. The van der Waals surface area contributed by atoms with E-state index in [0.29, 0.717) is 5.92 Å².